The molecule has 1 atom stereocenters. The molecule has 0 aromatic heterocycles. The number of rotatable bonds is 8. The molecule has 5 rings (SSSR count). The fraction of sp³-hybridized carbons (Fsp3) is 0.242. The van der Waals surface area contributed by atoms with Gasteiger partial charge >= 0.3 is 0 Å². The number of likely N-dealkylation sites (N-methyl/N-ethyl adjacent to an activating group) is 1. The van der Waals surface area contributed by atoms with E-state index in [1.54, 1.807) is 0 Å². The van der Waals surface area contributed by atoms with Crippen molar-refractivity contribution in [2.45, 2.75) is 30.8 Å². The van der Waals surface area contributed by atoms with E-state index >= 15 is 0 Å². The Kier molecular flexibility index (Phi) is 7.58. The molecule has 0 spiro atoms. The molecule has 0 radical (unpaired) electrons. The van der Waals surface area contributed by atoms with Crippen LogP contribution in [0.2, 0.25) is 0 Å². The van der Waals surface area contributed by atoms with Crippen molar-refractivity contribution in [1.82, 2.24) is 9.80 Å². The predicted octanol–water partition coefficient (Wildman–Crippen LogP) is 6.53. The molecule has 1 amide bonds. The van der Waals surface area contributed by atoms with E-state index in [4.69, 9.17) is 0 Å². The van der Waals surface area contributed by atoms with Crippen LogP contribution >= 0.6 is 0 Å². The topological polar surface area (TPSA) is 23.6 Å². The van der Waals surface area contributed by atoms with E-state index in [-0.39, 0.29) is 23.9 Å². The smallest absolute Gasteiger partial charge is 0.223 e. The first-order valence-corrected chi connectivity index (χ1v) is 12.9. The Morgan fingerprint density at radius 2 is 1.14 bits per heavy atom. The summed E-state index contributed by atoms with van der Waals surface area (Å²) in [5, 5.41) is 0. The van der Waals surface area contributed by atoms with Gasteiger partial charge in [-0.1, -0.05) is 121 Å². The second-order valence-corrected chi connectivity index (χ2v) is 9.74. The average Bonchev–Trinajstić information content (AvgIpc) is 3.43. The minimum Gasteiger partial charge on any atom is -0.341 e. The van der Waals surface area contributed by atoms with Crippen LogP contribution in [0, 0.1) is 0 Å². The van der Waals surface area contributed by atoms with E-state index < -0.39 is 0 Å². The Hall–Kier alpha value is -3.69. The molecule has 182 valence electrons. The molecule has 1 aliphatic rings. The highest BCUT2D eigenvalue weighted by molar-refractivity contribution is 5.78. The molecular formula is C33H34N2O. The Morgan fingerprint density at radius 3 is 1.58 bits per heavy atom. The first kappa shape index (κ1) is 24.0. The van der Waals surface area contributed by atoms with Crippen LogP contribution < -0.4 is 0 Å². The van der Waals surface area contributed by atoms with Gasteiger partial charge < -0.3 is 4.90 Å². The molecule has 1 fully saturated rings. The Bertz CT molecular complexity index is 1150. The molecule has 3 nitrogen and oxygen atoms in total. The van der Waals surface area contributed by atoms with Crippen molar-refractivity contribution >= 4 is 5.91 Å². The zero-order valence-electron chi connectivity index (χ0n) is 20.9. The molecule has 0 bridgehead atoms. The van der Waals surface area contributed by atoms with Gasteiger partial charge in [-0.05, 0) is 28.7 Å². The quantitative estimate of drug-likeness (QED) is 0.290. The number of nitrogens with zero attached hydrogens (tertiary/aromatic N) is 2. The lowest BCUT2D eigenvalue weighted by Crippen LogP contribution is -2.40. The van der Waals surface area contributed by atoms with Gasteiger partial charge in [0.2, 0.25) is 5.91 Å². The van der Waals surface area contributed by atoms with Gasteiger partial charge in [0.1, 0.15) is 0 Å². The molecule has 1 heterocycles. The SMILES string of the molecule is CN(C(=O)CC(c1ccccc1)c1ccccc1)[C@@H]1CCN(C(c2ccccc2)c2ccccc2)C1. The maximum Gasteiger partial charge on any atom is 0.223 e. The monoisotopic (exact) mass is 474 g/mol. The normalized spacial score (nSPS) is 15.9. The van der Waals surface area contributed by atoms with E-state index in [1.807, 2.05) is 24.1 Å². The van der Waals surface area contributed by atoms with Gasteiger partial charge in [0.05, 0.1) is 6.04 Å². The fourth-order valence-corrected chi connectivity index (χ4v) is 5.52. The highest BCUT2D eigenvalue weighted by atomic mass is 16.2. The van der Waals surface area contributed by atoms with E-state index in [0.717, 1.165) is 19.5 Å². The Labute approximate surface area is 215 Å². The zero-order chi connectivity index (χ0) is 24.7. The van der Waals surface area contributed by atoms with Crippen LogP contribution in [0.5, 0.6) is 0 Å². The van der Waals surface area contributed by atoms with Crippen LogP contribution in [-0.4, -0.2) is 41.9 Å². The highest BCUT2D eigenvalue weighted by Crippen LogP contribution is 2.34. The van der Waals surface area contributed by atoms with Crippen LogP contribution in [0.15, 0.2) is 121 Å². The van der Waals surface area contributed by atoms with Gasteiger partial charge in [-0.15, -0.1) is 0 Å². The predicted molar refractivity (Wildman–Crippen MR) is 147 cm³/mol. The lowest BCUT2D eigenvalue weighted by molar-refractivity contribution is -0.132. The van der Waals surface area contributed by atoms with Crippen LogP contribution in [0.25, 0.3) is 0 Å². The summed E-state index contributed by atoms with van der Waals surface area (Å²) in [4.78, 5) is 18.1. The summed E-state index contributed by atoms with van der Waals surface area (Å²) < 4.78 is 0. The lowest BCUT2D eigenvalue weighted by Gasteiger charge is -2.31. The molecular weight excluding hydrogens is 440 g/mol. The highest BCUT2D eigenvalue weighted by Gasteiger charge is 2.34. The number of benzene rings is 4. The van der Waals surface area contributed by atoms with Crippen molar-refractivity contribution in [2.75, 3.05) is 20.1 Å². The third kappa shape index (κ3) is 5.42. The summed E-state index contributed by atoms with van der Waals surface area (Å²) in [6.45, 7) is 1.84. The van der Waals surface area contributed by atoms with Gasteiger partial charge in [-0.3, -0.25) is 9.69 Å². The molecule has 0 saturated carbocycles. The second kappa shape index (κ2) is 11.4. The summed E-state index contributed by atoms with van der Waals surface area (Å²) in [5.74, 6) is 0.261. The molecule has 36 heavy (non-hydrogen) atoms. The first-order valence-electron chi connectivity index (χ1n) is 12.9. The van der Waals surface area contributed by atoms with E-state index in [1.165, 1.54) is 22.3 Å². The summed E-state index contributed by atoms with van der Waals surface area (Å²) in [7, 11) is 1.99. The van der Waals surface area contributed by atoms with Crippen molar-refractivity contribution in [3.63, 3.8) is 0 Å². The number of hydrogen-bond acceptors (Lipinski definition) is 2. The number of carbonyl (C=O) groups is 1. The first-order chi connectivity index (χ1) is 17.7. The lowest BCUT2D eigenvalue weighted by atomic mass is 9.88. The molecule has 1 saturated heterocycles. The van der Waals surface area contributed by atoms with Gasteiger partial charge in [-0.2, -0.15) is 0 Å². The number of likely N-dealkylation sites (tertiary alicyclic amines) is 1. The van der Waals surface area contributed by atoms with E-state index in [0.29, 0.717) is 6.42 Å². The summed E-state index contributed by atoms with van der Waals surface area (Å²) in [6, 6.07) is 42.7. The van der Waals surface area contributed by atoms with Crippen molar-refractivity contribution in [3.8, 4) is 0 Å². The van der Waals surface area contributed by atoms with Crippen LogP contribution in [0.4, 0.5) is 0 Å². The van der Waals surface area contributed by atoms with Crippen molar-refractivity contribution < 1.29 is 4.79 Å². The minimum atomic E-state index is 0.0567. The second-order valence-electron chi connectivity index (χ2n) is 9.74. The Morgan fingerprint density at radius 1 is 0.722 bits per heavy atom. The van der Waals surface area contributed by atoms with Gasteiger partial charge in [0, 0.05) is 38.5 Å². The van der Waals surface area contributed by atoms with Crippen LogP contribution in [-0.2, 0) is 4.79 Å². The Balaban J connectivity index is 1.32. The number of amides is 1. The number of hydrogen-bond donors (Lipinski definition) is 0. The molecule has 0 unspecified atom stereocenters. The largest absolute Gasteiger partial charge is 0.341 e. The minimum absolute atomic E-state index is 0.0567. The van der Waals surface area contributed by atoms with E-state index in [9.17, 15) is 4.79 Å². The van der Waals surface area contributed by atoms with Crippen molar-refractivity contribution in [2.24, 2.45) is 0 Å². The molecule has 4 aromatic rings. The van der Waals surface area contributed by atoms with Crippen LogP contribution in [0.3, 0.4) is 0 Å². The maximum atomic E-state index is 13.6. The van der Waals surface area contributed by atoms with Crippen molar-refractivity contribution in [1.29, 1.82) is 0 Å². The zero-order valence-corrected chi connectivity index (χ0v) is 20.9. The van der Waals surface area contributed by atoms with Crippen molar-refractivity contribution in [3.05, 3.63) is 144 Å². The fourth-order valence-electron chi connectivity index (χ4n) is 5.52. The summed E-state index contributed by atoms with van der Waals surface area (Å²) >= 11 is 0. The summed E-state index contributed by atoms with van der Waals surface area (Å²) in [5.41, 5.74) is 4.97. The van der Waals surface area contributed by atoms with E-state index in [2.05, 4.69) is 114 Å². The molecule has 4 aromatic carbocycles. The third-order valence-corrected chi connectivity index (χ3v) is 7.51. The van der Waals surface area contributed by atoms with Gasteiger partial charge in [-0.25, -0.2) is 0 Å². The molecule has 0 N–H and O–H groups in total. The third-order valence-electron chi connectivity index (χ3n) is 7.51. The van der Waals surface area contributed by atoms with Gasteiger partial charge in [0.25, 0.3) is 0 Å². The standard InChI is InChI=1S/C33H34N2O/c1-34(32(36)24-31(26-14-6-2-7-15-26)27-16-8-3-9-17-27)30-22-23-35(25-30)33(28-18-10-4-11-19-28)29-20-12-5-13-21-29/h2-21,30-31,33H,22-25H2,1H3/t30-/m1/s1. The summed E-state index contributed by atoms with van der Waals surface area (Å²) in [6.07, 6.45) is 1.46. The van der Waals surface area contributed by atoms with Gasteiger partial charge in [0.15, 0.2) is 0 Å². The maximum absolute atomic E-state index is 13.6. The molecule has 3 heteroatoms. The average molecular weight is 475 g/mol. The van der Waals surface area contributed by atoms with Crippen LogP contribution in [0.1, 0.15) is 47.1 Å². The number of carbonyl (C=O) groups excluding carboxylic acids is 1. The molecule has 0 aliphatic carbocycles. The molecule has 1 aliphatic heterocycles.